The van der Waals surface area contributed by atoms with Gasteiger partial charge in [-0.1, -0.05) is 142 Å². The van der Waals surface area contributed by atoms with E-state index in [1.165, 1.54) is 89.9 Å². The van der Waals surface area contributed by atoms with Crippen LogP contribution in [0.25, 0.3) is 0 Å². The average Bonchev–Trinajstić information content (AvgIpc) is 3.02. The van der Waals surface area contributed by atoms with Crippen molar-refractivity contribution in [2.45, 2.75) is 180 Å². The van der Waals surface area contributed by atoms with E-state index in [1.54, 1.807) is 0 Å². The number of phosphoric acid groups is 1. The Kier molecular flexibility index (Phi) is 36.4. The second-order valence-corrected chi connectivity index (χ2v) is 13.7. The van der Waals surface area contributed by atoms with E-state index in [0.717, 1.165) is 38.5 Å². The first-order chi connectivity index (χ1) is 21.7. The monoisotopic (exact) mass is 688 g/mol. The van der Waals surface area contributed by atoms with Crippen molar-refractivity contribution in [3.8, 4) is 0 Å². The zero-order chi connectivity index (χ0) is 33.4. The van der Waals surface area contributed by atoms with E-state index in [-0.39, 0.29) is 49.0 Å². The van der Waals surface area contributed by atoms with Crippen molar-refractivity contribution < 1.29 is 77.3 Å². The van der Waals surface area contributed by atoms with Crippen LogP contribution in [0.4, 0.5) is 0 Å². The second kappa shape index (κ2) is 34.8. The van der Waals surface area contributed by atoms with E-state index in [4.69, 9.17) is 19.1 Å². The third-order valence-electron chi connectivity index (χ3n) is 7.75. The van der Waals surface area contributed by atoms with Gasteiger partial charge < -0.3 is 33.6 Å². The van der Waals surface area contributed by atoms with Crippen molar-refractivity contribution in [3.63, 3.8) is 0 Å². The largest absolute Gasteiger partial charge is 1.00 e. The predicted molar refractivity (Wildman–Crippen MR) is 176 cm³/mol. The molecule has 0 fully saturated rings. The van der Waals surface area contributed by atoms with Crippen LogP contribution in [-0.4, -0.2) is 60.8 Å². The molecule has 2 unspecified atom stereocenters. The number of hydrogen-bond donors (Lipinski definition) is 2. The molecule has 46 heavy (non-hydrogen) atoms. The number of phosphoric ester groups is 1. The molecular weight excluding hydrogens is 622 g/mol. The quantitative estimate of drug-likeness (QED) is 0.0421. The van der Waals surface area contributed by atoms with Crippen LogP contribution >= 0.6 is 7.82 Å². The summed E-state index contributed by atoms with van der Waals surface area (Å²) >= 11 is 0. The molecular formula is C34H66NaO10P. The summed E-state index contributed by atoms with van der Waals surface area (Å²) in [7, 11) is -4.85. The van der Waals surface area contributed by atoms with Crippen LogP contribution in [0.1, 0.15) is 168 Å². The van der Waals surface area contributed by atoms with Gasteiger partial charge in [0.2, 0.25) is 0 Å². The van der Waals surface area contributed by atoms with Crippen molar-refractivity contribution >= 4 is 19.8 Å². The van der Waals surface area contributed by atoms with Gasteiger partial charge in [-0.05, 0) is 12.8 Å². The van der Waals surface area contributed by atoms with Crippen molar-refractivity contribution in [2.24, 2.45) is 0 Å². The molecule has 0 aliphatic rings. The summed E-state index contributed by atoms with van der Waals surface area (Å²) in [6, 6.07) is 0. The molecule has 268 valence electrons. The molecule has 0 radical (unpaired) electrons. The molecule has 0 aromatic rings. The summed E-state index contributed by atoms with van der Waals surface area (Å²) in [6.45, 7) is 2.17. The summed E-state index contributed by atoms with van der Waals surface area (Å²) in [5, 5.41) is 18.2. The average molecular weight is 689 g/mol. The van der Waals surface area contributed by atoms with E-state index in [9.17, 15) is 24.2 Å². The van der Waals surface area contributed by atoms with Gasteiger partial charge in [-0.2, -0.15) is 0 Å². The van der Waals surface area contributed by atoms with Crippen LogP contribution in [0.2, 0.25) is 0 Å². The minimum Gasteiger partial charge on any atom is -0.756 e. The van der Waals surface area contributed by atoms with Gasteiger partial charge in [0, 0.05) is 12.8 Å². The first-order valence-corrected chi connectivity index (χ1v) is 19.4. The van der Waals surface area contributed by atoms with Crippen molar-refractivity contribution in [2.75, 3.05) is 26.4 Å². The molecule has 2 N–H and O–H groups in total. The Morgan fingerprint density at radius 2 is 0.978 bits per heavy atom. The van der Waals surface area contributed by atoms with Gasteiger partial charge in [-0.25, -0.2) is 0 Å². The molecule has 0 aromatic carbocycles. The molecule has 12 heteroatoms. The molecule has 0 bridgehead atoms. The van der Waals surface area contributed by atoms with Crippen LogP contribution in [-0.2, 0) is 32.7 Å². The zero-order valence-corrected chi connectivity index (χ0v) is 32.5. The number of hydrogen-bond acceptors (Lipinski definition) is 10. The fourth-order valence-corrected chi connectivity index (χ4v) is 5.71. The smallest absolute Gasteiger partial charge is 0.756 e. The number of carbonyl (C=O) groups is 2. The molecule has 0 saturated carbocycles. The Morgan fingerprint density at radius 3 is 1.39 bits per heavy atom. The fourth-order valence-electron chi connectivity index (χ4n) is 4.93. The van der Waals surface area contributed by atoms with E-state index < -0.39 is 51.8 Å². The summed E-state index contributed by atoms with van der Waals surface area (Å²) in [5.41, 5.74) is 0. The van der Waals surface area contributed by atoms with Crippen LogP contribution in [0, 0.1) is 0 Å². The molecule has 0 aliphatic heterocycles. The standard InChI is InChI=1S/C34H67O10P.Na/c1-3-5-7-9-11-13-15-17-19-21-23-25-33(37)41-29-32(30-43-45(39,40)42-28-31(36)27-35)44-34(38)26-24-22-20-18-16-14-12-10-8-6-4-2;/h31-32,35-36H,3-30H2,1-2H3,(H,39,40);/q;+1/p-1/t31?,32-;/m0./s1. The van der Waals surface area contributed by atoms with E-state index in [1.807, 2.05) is 0 Å². The SMILES string of the molecule is CCCCCCCCCCCCCC(=O)OC[C@@H](COP(=O)([O-])OCC(O)CO)OC(=O)CCCCCCCCCCCCC.[Na+]. The topological polar surface area (TPSA) is 152 Å². The molecule has 0 amide bonds. The number of carbonyl (C=O) groups excluding carboxylic acids is 2. The molecule has 0 aliphatic carbocycles. The molecule has 0 spiro atoms. The zero-order valence-electron chi connectivity index (χ0n) is 29.6. The Labute approximate surface area is 302 Å². The van der Waals surface area contributed by atoms with Gasteiger partial charge in [0.05, 0.1) is 19.8 Å². The number of aliphatic hydroxyl groups excluding tert-OH is 2. The number of aliphatic hydroxyl groups is 2. The minimum atomic E-state index is -4.85. The summed E-state index contributed by atoms with van der Waals surface area (Å²) in [6.07, 6.45) is 23.4. The van der Waals surface area contributed by atoms with Crippen LogP contribution in [0.15, 0.2) is 0 Å². The summed E-state index contributed by atoms with van der Waals surface area (Å²) in [4.78, 5) is 36.8. The first kappa shape index (κ1) is 48.1. The van der Waals surface area contributed by atoms with Crippen LogP contribution in [0.3, 0.4) is 0 Å². The Balaban J connectivity index is 0. The third kappa shape index (κ3) is 33.9. The third-order valence-corrected chi connectivity index (χ3v) is 8.68. The Bertz CT molecular complexity index is 743. The van der Waals surface area contributed by atoms with Gasteiger partial charge in [-0.15, -0.1) is 0 Å². The number of esters is 2. The van der Waals surface area contributed by atoms with Gasteiger partial charge in [0.15, 0.2) is 6.10 Å². The Morgan fingerprint density at radius 1 is 0.609 bits per heavy atom. The molecule has 0 heterocycles. The van der Waals surface area contributed by atoms with Gasteiger partial charge in [-0.3, -0.25) is 14.2 Å². The minimum absolute atomic E-state index is 0. The molecule has 0 rings (SSSR count). The van der Waals surface area contributed by atoms with Gasteiger partial charge >= 0.3 is 41.5 Å². The maximum absolute atomic E-state index is 12.5. The van der Waals surface area contributed by atoms with E-state index in [2.05, 4.69) is 18.4 Å². The molecule has 0 saturated heterocycles. The maximum Gasteiger partial charge on any atom is 1.00 e. The van der Waals surface area contributed by atoms with Crippen LogP contribution in [0.5, 0.6) is 0 Å². The summed E-state index contributed by atoms with van der Waals surface area (Å²) < 4.78 is 32.1. The number of ether oxygens (including phenoxy) is 2. The molecule has 3 atom stereocenters. The van der Waals surface area contributed by atoms with Crippen LogP contribution < -0.4 is 34.5 Å². The normalized spacial score (nSPS) is 13.8. The Hall–Kier alpha value is -0.0300. The van der Waals surface area contributed by atoms with Gasteiger partial charge in [0.25, 0.3) is 7.82 Å². The number of rotatable bonds is 34. The predicted octanol–water partition coefficient (Wildman–Crippen LogP) is 4.70. The number of unbranched alkanes of at least 4 members (excludes halogenated alkanes) is 20. The van der Waals surface area contributed by atoms with Crippen molar-refractivity contribution in [1.29, 1.82) is 0 Å². The van der Waals surface area contributed by atoms with Crippen molar-refractivity contribution in [1.82, 2.24) is 0 Å². The maximum atomic E-state index is 12.5. The summed E-state index contributed by atoms with van der Waals surface area (Å²) in [5.74, 6) is -0.955. The second-order valence-electron chi connectivity index (χ2n) is 12.2. The first-order valence-electron chi connectivity index (χ1n) is 18.0. The van der Waals surface area contributed by atoms with E-state index >= 15 is 0 Å². The van der Waals surface area contributed by atoms with E-state index in [0.29, 0.717) is 12.8 Å². The molecule has 10 nitrogen and oxygen atoms in total. The molecule has 0 aromatic heterocycles. The van der Waals surface area contributed by atoms with Gasteiger partial charge in [0.1, 0.15) is 12.7 Å². The fraction of sp³-hybridized carbons (Fsp3) is 0.941. The van der Waals surface area contributed by atoms with Crippen molar-refractivity contribution in [3.05, 3.63) is 0 Å².